The average molecular weight is 432 g/mol. The molecule has 2 aromatic rings. The molecule has 3 amide bonds. The Morgan fingerprint density at radius 2 is 1.72 bits per heavy atom. The van der Waals surface area contributed by atoms with Crippen molar-refractivity contribution in [1.29, 1.82) is 0 Å². The zero-order chi connectivity index (χ0) is 20.5. The minimum atomic E-state index is -0.489. The number of hydrogen-bond donors (Lipinski definition) is 1. The van der Waals surface area contributed by atoms with Gasteiger partial charge in [-0.1, -0.05) is 35.3 Å². The minimum Gasteiger partial charge on any atom is -0.326 e. The molecular weight excluding hydrogens is 413 g/mol. The minimum absolute atomic E-state index is 0.0489. The molecule has 0 bridgehead atoms. The van der Waals surface area contributed by atoms with Crippen LogP contribution in [-0.4, -0.2) is 30.8 Å². The summed E-state index contributed by atoms with van der Waals surface area (Å²) in [5.41, 5.74) is 1.78. The Morgan fingerprint density at radius 1 is 0.966 bits per heavy atom. The Hall–Kier alpha value is -2.57. The first-order valence-electron chi connectivity index (χ1n) is 9.39. The van der Waals surface area contributed by atoms with Crippen molar-refractivity contribution < 1.29 is 14.4 Å². The molecule has 2 aliphatic rings. The largest absolute Gasteiger partial charge is 0.326 e. The molecule has 0 spiro atoms. The number of anilines is 3. The van der Waals surface area contributed by atoms with Gasteiger partial charge in [-0.3, -0.25) is 14.4 Å². The fourth-order valence-electron chi connectivity index (χ4n) is 3.74. The molecular formula is C21H19Cl2N3O3. The van der Waals surface area contributed by atoms with Crippen LogP contribution in [-0.2, 0) is 14.4 Å². The van der Waals surface area contributed by atoms with E-state index in [-0.39, 0.29) is 30.7 Å². The number of nitrogens with one attached hydrogen (secondary N) is 1. The van der Waals surface area contributed by atoms with Gasteiger partial charge in [0, 0.05) is 31.6 Å². The summed E-state index contributed by atoms with van der Waals surface area (Å²) in [7, 11) is 0. The lowest BCUT2D eigenvalue weighted by Crippen LogP contribution is -2.28. The molecule has 150 valence electrons. The lowest BCUT2D eigenvalue weighted by Gasteiger charge is -2.19. The zero-order valence-electron chi connectivity index (χ0n) is 15.5. The number of benzene rings is 2. The van der Waals surface area contributed by atoms with Crippen molar-refractivity contribution in [3.8, 4) is 0 Å². The predicted molar refractivity (Wildman–Crippen MR) is 114 cm³/mol. The molecule has 1 N–H and O–H groups in total. The summed E-state index contributed by atoms with van der Waals surface area (Å²) in [6.07, 6.45) is 1.45. The van der Waals surface area contributed by atoms with Crippen LogP contribution in [0.3, 0.4) is 0 Å². The predicted octanol–water partition coefficient (Wildman–Crippen LogP) is 4.11. The van der Waals surface area contributed by atoms with Gasteiger partial charge in [-0.2, -0.15) is 0 Å². The maximum atomic E-state index is 12.7. The molecule has 2 heterocycles. The molecule has 2 aliphatic heterocycles. The highest BCUT2D eigenvalue weighted by molar-refractivity contribution is 6.34. The van der Waals surface area contributed by atoms with Crippen LogP contribution < -0.4 is 15.1 Å². The zero-order valence-corrected chi connectivity index (χ0v) is 17.0. The highest BCUT2D eigenvalue weighted by Crippen LogP contribution is 2.33. The first-order chi connectivity index (χ1) is 13.9. The van der Waals surface area contributed by atoms with E-state index < -0.39 is 5.92 Å². The van der Waals surface area contributed by atoms with E-state index in [9.17, 15) is 14.4 Å². The Labute approximate surface area is 178 Å². The van der Waals surface area contributed by atoms with Gasteiger partial charge in [-0.15, -0.1) is 0 Å². The van der Waals surface area contributed by atoms with Crippen molar-refractivity contribution in [2.24, 2.45) is 5.92 Å². The van der Waals surface area contributed by atoms with Gasteiger partial charge in [0.05, 0.1) is 27.3 Å². The molecule has 2 aromatic carbocycles. The van der Waals surface area contributed by atoms with Gasteiger partial charge in [0.25, 0.3) is 0 Å². The Kier molecular flexibility index (Phi) is 5.48. The van der Waals surface area contributed by atoms with Crippen LogP contribution in [0, 0.1) is 5.92 Å². The highest BCUT2D eigenvalue weighted by Gasteiger charge is 2.36. The number of carbonyl (C=O) groups excluding carboxylic acids is 3. The Balaban J connectivity index is 1.45. The summed E-state index contributed by atoms with van der Waals surface area (Å²) in [5, 5.41) is 3.70. The number of nitrogens with zero attached hydrogens (tertiary/aromatic N) is 2. The summed E-state index contributed by atoms with van der Waals surface area (Å²) >= 11 is 12.5. The molecule has 2 fully saturated rings. The number of halogens is 2. The third-order valence-electron chi connectivity index (χ3n) is 5.22. The molecule has 4 rings (SSSR count). The molecule has 0 saturated carbocycles. The molecule has 29 heavy (non-hydrogen) atoms. The summed E-state index contributed by atoms with van der Waals surface area (Å²) < 4.78 is 0. The first-order valence-corrected chi connectivity index (χ1v) is 10.2. The topological polar surface area (TPSA) is 69.7 Å². The van der Waals surface area contributed by atoms with Gasteiger partial charge < -0.3 is 15.1 Å². The molecule has 2 saturated heterocycles. The van der Waals surface area contributed by atoms with E-state index in [2.05, 4.69) is 5.32 Å². The molecule has 1 atom stereocenters. The lowest BCUT2D eigenvalue weighted by atomic mass is 10.1. The van der Waals surface area contributed by atoms with E-state index in [0.29, 0.717) is 40.1 Å². The number of rotatable bonds is 4. The number of amides is 3. The van der Waals surface area contributed by atoms with Crippen molar-refractivity contribution in [2.75, 3.05) is 28.2 Å². The van der Waals surface area contributed by atoms with Crippen LogP contribution >= 0.6 is 23.2 Å². The van der Waals surface area contributed by atoms with Gasteiger partial charge in [0.2, 0.25) is 17.7 Å². The summed E-state index contributed by atoms with van der Waals surface area (Å²) in [6.45, 7) is 0.912. The normalized spacial score (nSPS) is 19.2. The van der Waals surface area contributed by atoms with Crippen molar-refractivity contribution >= 4 is 58.0 Å². The van der Waals surface area contributed by atoms with E-state index in [4.69, 9.17) is 23.2 Å². The Bertz CT molecular complexity index is 995. The third-order valence-corrected chi connectivity index (χ3v) is 5.84. The fraction of sp³-hybridized carbons (Fsp3) is 0.286. The second kappa shape index (κ2) is 8.05. The van der Waals surface area contributed by atoms with E-state index >= 15 is 0 Å². The molecule has 8 heteroatoms. The van der Waals surface area contributed by atoms with E-state index in [1.165, 1.54) is 0 Å². The van der Waals surface area contributed by atoms with Crippen LogP contribution in [0.1, 0.15) is 19.3 Å². The van der Waals surface area contributed by atoms with E-state index in [1.807, 2.05) is 0 Å². The molecule has 0 aliphatic carbocycles. The van der Waals surface area contributed by atoms with Crippen molar-refractivity contribution in [3.05, 3.63) is 52.5 Å². The molecule has 0 radical (unpaired) electrons. The Morgan fingerprint density at radius 3 is 2.41 bits per heavy atom. The van der Waals surface area contributed by atoms with Crippen LogP contribution in [0.25, 0.3) is 0 Å². The standard InChI is InChI=1S/C21H19Cl2N3O3/c22-15-4-1-2-5-17(15)26-12-13(10-20(26)28)21(29)24-14-7-8-18(16(23)11-14)25-9-3-6-19(25)27/h1-2,4-5,7-8,11,13H,3,6,9-10,12H2,(H,24,29)/t13-/m1/s1. The van der Waals surface area contributed by atoms with Crippen LogP contribution in [0.5, 0.6) is 0 Å². The fourth-order valence-corrected chi connectivity index (χ4v) is 4.26. The molecule has 6 nitrogen and oxygen atoms in total. The van der Waals surface area contributed by atoms with Gasteiger partial charge in [-0.05, 0) is 36.8 Å². The van der Waals surface area contributed by atoms with Gasteiger partial charge >= 0.3 is 0 Å². The van der Waals surface area contributed by atoms with Gasteiger partial charge in [0.1, 0.15) is 0 Å². The average Bonchev–Trinajstić information content (AvgIpc) is 3.28. The highest BCUT2D eigenvalue weighted by atomic mass is 35.5. The van der Waals surface area contributed by atoms with E-state index in [0.717, 1.165) is 6.42 Å². The second-order valence-electron chi connectivity index (χ2n) is 7.16. The van der Waals surface area contributed by atoms with E-state index in [1.54, 1.807) is 52.3 Å². The first kappa shape index (κ1) is 19.7. The van der Waals surface area contributed by atoms with Crippen molar-refractivity contribution in [2.45, 2.75) is 19.3 Å². The number of hydrogen-bond acceptors (Lipinski definition) is 3. The van der Waals surface area contributed by atoms with Crippen molar-refractivity contribution in [1.82, 2.24) is 0 Å². The van der Waals surface area contributed by atoms with Gasteiger partial charge in [0.15, 0.2) is 0 Å². The summed E-state index contributed by atoms with van der Waals surface area (Å²) in [6, 6.07) is 12.1. The van der Waals surface area contributed by atoms with Crippen LogP contribution in [0.15, 0.2) is 42.5 Å². The number of para-hydroxylation sites is 1. The SMILES string of the molecule is O=C(Nc1ccc(N2CCCC2=O)c(Cl)c1)[C@@H]1CC(=O)N(c2ccccc2Cl)C1. The molecule has 0 aromatic heterocycles. The quantitative estimate of drug-likeness (QED) is 0.791. The summed E-state index contributed by atoms with van der Waals surface area (Å²) in [4.78, 5) is 40.2. The summed E-state index contributed by atoms with van der Waals surface area (Å²) in [5.74, 6) is -0.835. The molecule has 0 unspecified atom stereocenters. The third kappa shape index (κ3) is 3.95. The maximum Gasteiger partial charge on any atom is 0.229 e. The smallest absolute Gasteiger partial charge is 0.229 e. The number of carbonyl (C=O) groups is 3. The van der Waals surface area contributed by atoms with Crippen molar-refractivity contribution in [3.63, 3.8) is 0 Å². The van der Waals surface area contributed by atoms with Crippen LogP contribution in [0.4, 0.5) is 17.1 Å². The van der Waals surface area contributed by atoms with Crippen LogP contribution in [0.2, 0.25) is 10.0 Å². The lowest BCUT2D eigenvalue weighted by molar-refractivity contribution is -0.122. The monoisotopic (exact) mass is 431 g/mol. The van der Waals surface area contributed by atoms with Gasteiger partial charge in [-0.25, -0.2) is 0 Å². The second-order valence-corrected chi connectivity index (χ2v) is 7.98. The maximum absolute atomic E-state index is 12.7.